The summed E-state index contributed by atoms with van der Waals surface area (Å²) in [6.45, 7) is 4.00. The van der Waals surface area contributed by atoms with Gasteiger partial charge in [-0.25, -0.2) is 4.39 Å². The highest BCUT2D eigenvalue weighted by molar-refractivity contribution is 5.95. The number of halogens is 1. The lowest BCUT2D eigenvalue weighted by atomic mass is 10.1. The minimum absolute atomic E-state index is 0.0373. The number of aryl methyl sites for hydroxylation is 1. The number of benzene rings is 1. The van der Waals surface area contributed by atoms with Crippen LogP contribution < -0.4 is 5.32 Å². The fraction of sp³-hybridized carbons (Fsp3) is 0.417. The number of rotatable bonds is 4. The highest BCUT2D eigenvalue weighted by Crippen LogP contribution is 2.09. The van der Waals surface area contributed by atoms with Crippen molar-refractivity contribution in [3.63, 3.8) is 0 Å². The Morgan fingerprint density at radius 3 is 2.81 bits per heavy atom. The first-order chi connectivity index (χ1) is 7.54. The molecule has 1 aromatic rings. The van der Waals surface area contributed by atoms with Crippen molar-refractivity contribution >= 4 is 5.91 Å². The molecule has 0 radical (unpaired) electrons. The second-order valence-corrected chi connectivity index (χ2v) is 3.72. The maximum absolute atomic E-state index is 12.8. The van der Waals surface area contributed by atoms with Crippen LogP contribution in [0.2, 0.25) is 0 Å². The molecule has 0 aliphatic carbocycles. The van der Waals surface area contributed by atoms with Gasteiger partial charge in [0.1, 0.15) is 5.82 Å². The van der Waals surface area contributed by atoms with Crippen LogP contribution in [0.5, 0.6) is 0 Å². The molecule has 3 nitrogen and oxygen atoms in total. The van der Waals surface area contributed by atoms with Crippen molar-refractivity contribution in [3.05, 3.63) is 35.1 Å². The maximum Gasteiger partial charge on any atom is 0.251 e. The SMILES string of the molecule is COC(C)CNC(=O)c1ccc(F)cc1C. The fourth-order valence-electron chi connectivity index (χ4n) is 1.30. The quantitative estimate of drug-likeness (QED) is 0.850. The molecule has 0 aliphatic rings. The summed E-state index contributed by atoms with van der Waals surface area (Å²) in [7, 11) is 1.58. The zero-order valence-corrected chi connectivity index (χ0v) is 9.71. The first kappa shape index (κ1) is 12.6. The topological polar surface area (TPSA) is 38.3 Å². The van der Waals surface area contributed by atoms with E-state index < -0.39 is 0 Å². The smallest absolute Gasteiger partial charge is 0.251 e. The molecular weight excluding hydrogens is 209 g/mol. The third-order valence-electron chi connectivity index (χ3n) is 2.39. The van der Waals surface area contributed by atoms with Gasteiger partial charge in [-0.1, -0.05) is 0 Å². The summed E-state index contributed by atoms with van der Waals surface area (Å²) < 4.78 is 17.8. The van der Waals surface area contributed by atoms with E-state index in [1.807, 2.05) is 6.92 Å². The van der Waals surface area contributed by atoms with Crippen LogP contribution in [0.3, 0.4) is 0 Å². The molecule has 0 saturated heterocycles. The number of amides is 1. The summed E-state index contributed by atoms with van der Waals surface area (Å²) in [5.74, 6) is -0.541. The molecule has 0 aromatic heterocycles. The van der Waals surface area contributed by atoms with Gasteiger partial charge < -0.3 is 10.1 Å². The van der Waals surface area contributed by atoms with Crippen LogP contribution in [0, 0.1) is 12.7 Å². The molecule has 0 spiro atoms. The number of hydrogen-bond acceptors (Lipinski definition) is 2. The van der Waals surface area contributed by atoms with Crippen LogP contribution in [0.4, 0.5) is 4.39 Å². The van der Waals surface area contributed by atoms with Gasteiger partial charge in [-0.2, -0.15) is 0 Å². The number of methoxy groups -OCH3 is 1. The van der Waals surface area contributed by atoms with E-state index in [0.29, 0.717) is 17.7 Å². The van der Waals surface area contributed by atoms with E-state index in [1.54, 1.807) is 14.0 Å². The van der Waals surface area contributed by atoms with Crippen LogP contribution in [-0.4, -0.2) is 25.7 Å². The second kappa shape index (κ2) is 5.61. The van der Waals surface area contributed by atoms with Crippen LogP contribution in [-0.2, 0) is 4.74 Å². The van der Waals surface area contributed by atoms with Gasteiger partial charge in [0.2, 0.25) is 0 Å². The molecule has 1 rings (SSSR count). The molecule has 0 aliphatic heterocycles. The summed E-state index contributed by atoms with van der Waals surface area (Å²) in [4.78, 5) is 11.7. The lowest BCUT2D eigenvalue weighted by molar-refractivity contribution is 0.0870. The van der Waals surface area contributed by atoms with Gasteiger partial charge in [0.05, 0.1) is 6.10 Å². The lowest BCUT2D eigenvalue weighted by Gasteiger charge is -2.11. The second-order valence-electron chi connectivity index (χ2n) is 3.72. The molecule has 4 heteroatoms. The van der Waals surface area contributed by atoms with Gasteiger partial charge in [-0.3, -0.25) is 4.79 Å². The normalized spacial score (nSPS) is 12.2. The van der Waals surface area contributed by atoms with Gasteiger partial charge in [0.25, 0.3) is 5.91 Å². The maximum atomic E-state index is 12.8. The number of hydrogen-bond donors (Lipinski definition) is 1. The molecule has 1 aromatic carbocycles. The van der Waals surface area contributed by atoms with Gasteiger partial charge in [-0.15, -0.1) is 0 Å². The Labute approximate surface area is 94.6 Å². The average Bonchev–Trinajstić information content (AvgIpc) is 2.25. The van der Waals surface area contributed by atoms with E-state index in [-0.39, 0.29) is 17.8 Å². The predicted octanol–water partition coefficient (Wildman–Crippen LogP) is 1.90. The molecular formula is C12H16FNO2. The van der Waals surface area contributed by atoms with Crippen molar-refractivity contribution in [2.45, 2.75) is 20.0 Å². The third kappa shape index (κ3) is 3.31. The fourth-order valence-corrected chi connectivity index (χ4v) is 1.30. The van der Waals surface area contributed by atoms with Crippen LogP contribution in [0.25, 0.3) is 0 Å². The Morgan fingerprint density at radius 1 is 1.56 bits per heavy atom. The molecule has 0 fully saturated rings. The molecule has 1 N–H and O–H groups in total. The average molecular weight is 225 g/mol. The molecule has 0 saturated carbocycles. The van der Waals surface area contributed by atoms with Gasteiger partial charge in [0.15, 0.2) is 0 Å². The van der Waals surface area contributed by atoms with E-state index in [4.69, 9.17) is 4.74 Å². The summed E-state index contributed by atoms with van der Waals surface area (Å²) in [6.07, 6.45) is -0.0373. The Hall–Kier alpha value is -1.42. The summed E-state index contributed by atoms with van der Waals surface area (Å²) >= 11 is 0. The highest BCUT2D eigenvalue weighted by Gasteiger charge is 2.10. The predicted molar refractivity (Wildman–Crippen MR) is 59.9 cm³/mol. The summed E-state index contributed by atoms with van der Waals surface area (Å²) in [5.41, 5.74) is 1.12. The summed E-state index contributed by atoms with van der Waals surface area (Å²) in [6, 6.07) is 4.10. The van der Waals surface area contributed by atoms with Crippen molar-refractivity contribution in [2.24, 2.45) is 0 Å². The Kier molecular flexibility index (Phi) is 4.43. The molecule has 88 valence electrons. The molecule has 16 heavy (non-hydrogen) atoms. The minimum atomic E-state index is -0.334. The van der Waals surface area contributed by atoms with E-state index in [0.717, 1.165) is 0 Å². The molecule has 0 bridgehead atoms. The zero-order chi connectivity index (χ0) is 12.1. The van der Waals surface area contributed by atoms with E-state index in [2.05, 4.69) is 5.32 Å². The highest BCUT2D eigenvalue weighted by atomic mass is 19.1. The standard InChI is InChI=1S/C12H16FNO2/c1-8-6-10(13)4-5-11(8)12(15)14-7-9(2)16-3/h4-6,9H,7H2,1-3H3,(H,14,15). The Morgan fingerprint density at radius 2 is 2.25 bits per heavy atom. The van der Waals surface area contributed by atoms with E-state index in [1.165, 1.54) is 18.2 Å². The molecule has 0 heterocycles. The molecule has 1 unspecified atom stereocenters. The first-order valence-electron chi connectivity index (χ1n) is 5.11. The van der Waals surface area contributed by atoms with Crippen LogP contribution in [0.15, 0.2) is 18.2 Å². The molecule has 1 atom stereocenters. The van der Waals surface area contributed by atoms with Crippen LogP contribution >= 0.6 is 0 Å². The van der Waals surface area contributed by atoms with Crippen molar-refractivity contribution in [1.29, 1.82) is 0 Å². The monoisotopic (exact) mass is 225 g/mol. The van der Waals surface area contributed by atoms with E-state index >= 15 is 0 Å². The van der Waals surface area contributed by atoms with Crippen molar-refractivity contribution in [2.75, 3.05) is 13.7 Å². The van der Waals surface area contributed by atoms with Crippen molar-refractivity contribution in [1.82, 2.24) is 5.32 Å². The van der Waals surface area contributed by atoms with Gasteiger partial charge in [-0.05, 0) is 37.6 Å². The van der Waals surface area contributed by atoms with Crippen molar-refractivity contribution < 1.29 is 13.9 Å². The van der Waals surface area contributed by atoms with E-state index in [9.17, 15) is 9.18 Å². The van der Waals surface area contributed by atoms with Crippen LogP contribution in [0.1, 0.15) is 22.8 Å². The number of nitrogens with one attached hydrogen (secondary N) is 1. The first-order valence-corrected chi connectivity index (χ1v) is 5.11. The third-order valence-corrected chi connectivity index (χ3v) is 2.39. The largest absolute Gasteiger partial charge is 0.380 e. The molecule has 1 amide bonds. The minimum Gasteiger partial charge on any atom is -0.380 e. The Bertz CT molecular complexity index is 379. The van der Waals surface area contributed by atoms with Gasteiger partial charge in [0, 0.05) is 19.2 Å². The number of carbonyl (C=O) groups is 1. The lowest BCUT2D eigenvalue weighted by Crippen LogP contribution is -2.31. The number of ether oxygens (including phenoxy) is 1. The number of carbonyl (C=O) groups excluding carboxylic acids is 1. The van der Waals surface area contributed by atoms with Gasteiger partial charge >= 0.3 is 0 Å². The zero-order valence-electron chi connectivity index (χ0n) is 9.71. The van der Waals surface area contributed by atoms with Crippen molar-refractivity contribution in [3.8, 4) is 0 Å². The Balaban J connectivity index is 2.66. The summed E-state index contributed by atoms with van der Waals surface area (Å²) in [5, 5.41) is 2.72.